The molecule has 5 heteroatoms. The third-order valence-electron chi connectivity index (χ3n) is 4.37. The Labute approximate surface area is 135 Å². The second kappa shape index (κ2) is 6.55. The molecule has 0 bridgehead atoms. The maximum Gasteiger partial charge on any atom is 0.111 e. The van der Waals surface area contributed by atoms with Crippen molar-refractivity contribution in [2.75, 3.05) is 25.5 Å². The average molecular weight is 326 g/mol. The van der Waals surface area contributed by atoms with Crippen LogP contribution in [0, 0.1) is 5.92 Å². The molecule has 1 aliphatic heterocycles. The molecule has 1 unspecified atom stereocenters. The number of hydrogen-bond acceptors (Lipinski definition) is 2. The van der Waals surface area contributed by atoms with E-state index in [1.165, 1.54) is 19.5 Å². The number of aryl methyl sites for hydroxylation is 1. The number of rotatable bonds is 5. The fourth-order valence-electron chi connectivity index (χ4n) is 3.27. The normalized spacial score (nSPS) is 19.7. The Bertz CT molecular complexity index is 623. The number of hydrogen-bond donors (Lipinski definition) is 0. The highest BCUT2D eigenvalue weighted by Crippen LogP contribution is 2.28. The van der Waals surface area contributed by atoms with Gasteiger partial charge in [-0.15, -0.1) is 11.6 Å². The first-order chi connectivity index (χ1) is 10.2. The summed E-state index contributed by atoms with van der Waals surface area (Å²) in [6, 6.07) is 5.93. The summed E-state index contributed by atoms with van der Waals surface area (Å²) in [4.78, 5) is 7.23. The molecule has 0 amide bonds. The van der Waals surface area contributed by atoms with Gasteiger partial charge >= 0.3 is 0 Å². The molecule has 1 aromatic carbocycles. The van der Waals surface area contributed by atoms with E-state index >= 15 is 0 Å². The highest BCUT2D eigenvalue weighted by Gasteiger charge is 2.23. The first-order valence-corrected chi connectivity index (χ1v) is 8.56. The maximum atomic E-state index is 6.41. The third-order valence-corrected chi connectivity index (χ3v) is 4.87. The van der Waals surface area contributed by atoms with Crippen LogP contribution >= 0.6 is 23.2 Å². The Kier molecular flexibility index (Phi) is 4.72. The number of imidazole rings is 1. The molecule has 3 nitrogen and oxygen atoms in total. The quantitative estimate of drug-likeness (QED) is 0.779. The van der Waals surface area contributed by atoms with Crippen molar-refractivity contribution in [2.45, 2.75) is 26.3 Å². The second-order valence-electron chi connectivity index (χ2n) is 5.73. The first kappa shape index (κ1) is 15.1. The monoisotopic (exact) mass is 325 g/mol. The SMILES string of the molecule is CCN1CCC(Cn2c(CCCl)nc3cccc(Cl)c32)C1. The van der Waals surface area contributed by atoms with Gasteiger partial charge in [-0.25, -0.2) is 4.98 Å². The van der Waals surface area contributed by atoms with E-state index in [0.717, 1.165) is 41.4 Å². The Hall–Kier alpha value is -0.770. The van der Waals surface area contributed by atoms with Crippen molar-refractivity contribution in [1.82, 2.24) is 14.5 Å². The molecular formula is C16H21Cl2N3. The van der Waals surface area contributed by atoms with E-state index in [-0.39, 0.29) is 0 Å². The molecule has 1 saturated heterocycles. The lowest BCUT2D eigenvalue weighted by molar-refractivity contribution is 0.332. The van der Waals surface area contributed by atoms with E-state index in [1.54, 1.807) is 0 Å². The van der Waals surface area contributed by atoms with Gasteiger partial charge in [0.1, 0.15) is 5.82 Å². The summed E-state index contributed by atoms with van der Waals surface area (Å²) in [6.45, 7) is 6.72. The van der Waals surface area contributed by atoms with Gasteiger partial charge in [0, 0.05) is 25.4 Å². The van der Waals surface area contributed by atoms with Gasteiger partial charge in [-0.2, -0.15) is 0 Å². The zero-order chi connectivity index (χ0) is 14.8. The Morgan fingerprint density at radius 1 is 1.38 bits per heavy atom. The number of likely N-dealkylation sites (tertiary alicyclic amines) is 1. The summed E-state index contributed by atoms with van der Waals surface area (Å²) in [5.74, 6) is 2.32. The first-order valence-electron chi connectivity index (χ1n) is 7.65. The van der Waals surface area contributed by atoms with Crippen LogP contribution in [0.5, 0.6) is 0 Å². The molecule has 0 aliphatic carbocycles. The van der Waals surface area contributed by atoms with Crippen LogP contribution in [-0.4, -0.2) is 40.0 Å². The van der Waals surface area contributed by atoms with Crippen LogP contribution in [0.25, 0.3) is 11.0 Å². The lowest BCUT2D eigenvalue weighted by Gasteiger charge is -2.16. The maximum absolute atomic E-state index is 6.41. The highest BCUT2D eigenvalue weighted by atomic mass is 35.5. The fraction of sp³-hybridized carbons (Fsp3) is 0.562. The summed E-state index contributed by atoms with van der Waals surface area (Å²) in [5.41, 5.74) is 2.04. The molecule has 0 saturated carbocycles. The summed E-state index contributed by atoms with van der Waals surface area (Å²) in [5, 5.41) is 0.783. The van der Waals surface area contributed by atoms with Gasteiger partial charge in [-0.05, 0) is 37.6 Å². The fourth-order valence-corrected chi connectivity index (χ4v) is 3.71. The Morgan fingerprint density at radius 2 is 2.24 bits per heavy atom. The van der Waals surface area contributed by atoms with Crippen LogP contribution in [0.15, 0.2) is 18.2 Å². The summed E-state index contributed by atoms with van der Waals surface area (Å²) in [6.07, 6.45) is 2.04. The number of nitrogens with zero attached hydrogens (tertiary/aromatic N) is 3. The minimum absolute atomic E-state index is 0.590. The molecule has 1 fully saturated rings. The number of benzene rings is 1. The van der Waals surface area contributed by atoms with E-state index in [0.29, 0.717) is 11.8 Å². The van der Waals surface area contributed by atoms with Gasteiger partial charge < -0.3 is 9.47 Å². The Balaban J connectivity index is 1.93. The zero-order valence-corrected chi connectivity index (χ0v) is 13.9. The molecule has 1 aliphatic rings. The van der Waals surface area contributed by atoms with Crippen molar-refractivity contribution in [2.24, 2.45) is 5.92 Å². The standard InChI is InChI=1S/C16H21Cl2N3/c1-2-20-9-7-12(10-20)11-21-15(6-8-17)19-14-5-3-4-13(18)16(14)21/h3-5,12H,2,6-11H2,1H3. The van der Waals surface area contributed by atoms with Crippen LogP contribution in [0.1, 0.15) is 19.2 Å². The molecule has 2 aromatic rings. The number of aromatic nitrogens is 2. The topological polar surface area (TPSA) is 21.1 Å². The molecule has 114 valence electrons. The zero-order valence-electron chi connectivity index (χ0n) is 12.4. The molecule has 1 aromatic heterocycles. The van der Waals surface area contributed by atoms with Gasteiger partial charge in [0.2, 0.25) is 0 Å². The lowest BCUT2D eigenvalue weighted by atomic mass is 10.1. The predicted molar refractivity (Wildman–Crippen MR) is 89.4 cm³/mol. The van der Waals surface area contributed by atoms with Crippen molar-refractivity contribution >= 4 is 34.2 Å². The molecule has 0 radical (unpaired) electrons. The lowest BCUT2D eigenvalue weighted by Crippen LogP contribution is -2.21. The van der Waals surface area contributed by atoms with Crippen molar-refractivity contribution in [3.05, 3.63) is 29.0 Å². The molecule has 0 spiro atoms. The van der Waals surface area contributed by atoms with E-state index in [1.807, 2.05) is 18.2 Å². The summed E-state index contributed by atoms with van der Waals surface area (Å²) in [7, 11) is 0. The van der Waals surface area contributed by atoms with Crippen LogP contribution in [0.4, 0.5) is 0 Å². The van der Waals surface area contributed by atoms with Gasteiger partial charge in [-0.3, -0.25) is 0 Å². The Morgan fingerprint density at radius 3 is 2.95 bits per heavy atom. The van der Waals surface area contributed by atoms with Gasteiger partial charge in [0.05, 0.1) is 16.1 Å². The number of alkyl halides is 1. The molecule has 21 heavy (non-hydrogen) atoms. The van der Waals surface area contributed by atoms with Crippen LogP contribution < -0.4 is 0 Å². The smallest absolute Gasteiger partial charge is 0.111 e. The second-order valence-corrected chi connectivity index (χ2v) is 6.52. The molecule has 3 rings (SSSR count). The van der Waals surface area contributed by atoms with Gasteiger partial charge in [-0.1, -0.05) is 24.6 Å². The van der Waals surface area contributed by atoms with E-state index in [4.69, 9.17) is 28.2 Å². The number of halogens is 2. The van der Waals surface area contributed by atoms with Crippen molar-refractivity contribution < 1.29 is 0 Å². The predicted octanol–water partition coefficient (Wildman–Crippen LogP) is 3.81. The van der Waals surface area contributed by atoms with Crippen molar-refractivity contribution in [3.63, 3.8) is 0 Å². The average Bonchev–Trinajstić information content (AvgIpc) is 3.06. The van der Waals surface area contributed by atoms with Crippen molar-refractivity contribution in [1.29, 1.82) is 0 Å². The van der Waals surface area contributed by atoms with E-state index in [2.05, 4.69) is 16.4 Å². The minimum atomic E-state index is 0.590. The number of fused-ring (bicyclic) bond motifs is 1. The third kappa shape index (κ3) is 3.05. The molecule has 1 atom stereocenters. The van der Waals surface area contributed by atoms with Crippen LogP contribution in [-0.2, 0) is 13.0 Å². The van der Waals surface area contributed by atoms with E-state index < -0.39 is 0 Å². The number of para-hydroxylation sites is 1. The summed E-state index contributed by atoms with van der Waals surface area (Å²) >= 11 is 12.4. The van der Waals surface area contributed by atoms with Crippen LogP contribution in [0.3, 0.4) is 0 Å². The van der Waals surface area contributed by atoms with Crippen LogP contribution in [0.2, 0.25) is 5.02 Å². The molecule has 2 heterocycles. The van der Waals surface area contributed by atoms with Gasteiger partial charge in [0.25, 0.3) is 0 Å². The molecular weight excluding hydrogens is 305 g/mol. The van der Waals surface area contributed by atoms with E-state index in [9.17, 15) is 0 Å². The van der Waals surface area contributed by atoms with Gasteiger partial charge in [0.15, 0.2) is 0 Å². The molecule has 0 N–H and O–H groups in total. The van der Waals surface area contributed by atoms with Crippen molar-refractivity contribution in [3.8, 4) is 0 Å². The highest BCUT2D eigenvalue weighted by molar-refractivity contribution is 6.35. The minimum Gasteiger partial charge on any atom is -0.326 e. The largest absolute Gasteiger partial charge is 0.326 e. The summed E-state index contributed by atoms with van der Waals surface area (Å²) < 4.78 is 2.30.